The lowest BCUT2D eigenvalue weighted by molar-refractivity contribution is -0.110. The van der Waals surface area contributed by atoms with Gasteiger partial charge in [0, 0.05) is 22.6 Å². The highest BCUT2D eigenvalue weighted by Crippen LogP contribution is 2.36. The van der Waals surface area contributed by atoms with Crippen molar-refractivity contribution < 1.29 is 13.2 Å². The number of H-pyrrole nitrogens is 1. The van der Waals surface area contributed by atoms with Crippen molar-refractivity contribution in [1.82, 2.24) is 14.6 Å². The second-order valence-corrected chi connectivity index (χ2v) is 10.8. The Hall–Kier alpha value is -2.42. The summed E-state index contributed by atoms with van der Waals surface area (Å²) >= 11 is 0. The number of aromatic amines is 1. The van der Waals surface area contributed by atoms with Crippen LogP contribution in [0.4, 0.5) is 5.69 Å². The van der Waals surface area contributed by atoms with E-state index >= 15 is 0 Å². The largest absolute Gasteiger partial charge is 0.358 e. The molecular formula is C24H32N4O3S. The topological polar surface area (TPSA) is 94.3 Å². The van der Waals surface area contributed by atoms with E-state index < -0.39 is 10.0 Å². The summed E-state index contributed by atoms with van der Waals surface area (Å²) in [6.45, 7) is 1.00. The number of fused-ring (bicyclic) bond motifs is 2. The molecule has 0 atom stereocenters. The first-order valence-corrected chi connectivity index (χ1v) is 12.8. The second-order valence-electron chi connectivity index (χ2n) is 8.87. The summed E-state index contributed by atoms with van der Waals surface area (Å²) in [4.78, 5) is 18.8. The molecule has 3 N–H and O–H groups in total. The van der Waals surface area contributed by atoms with Gasteiger partial charge in [0.1, 0.15) is 0 Å². The van der Waals surface area contributed by atoms with Gasteiger partial charge in [-0.1, -0.05) is 6.42 Å². The number of hydrogen-bond acceptors (Lipinski definition) is 4. The molecule has 172 valence electrons. The number of carbonyl (C=O) groups excluding carboxylic acids is 1. The Balaban J connectivity index is 1.77. The lowest BCUT2D eigenvalue weighted by Crippen LogP contribution is -2.18. The van der Waals surface area contributed by atoms with Gasteiger partial charge in [0.25, 0.3) is 5.91 Å². The Morgan fingerprint density at radius 1 is 1.16 bits per heavy atom. The van der Waals surface area contributed by atoms with Crippen molar-refractivity contribution in [3.8, 4) is 0 Å². The van der Waals surface area contributed by atoms with Crippen LogP contribution in [-0.2, 0) is 34.1 Å². The number of carbonyl (C=O) groups is 1. The lowest BCUT2D eigenvalue weighted by Gasteiger charge is -2.11. The minimum atomic E-state index is -3.60. The van der Waals surface area contributed by atoms with Crippen LogP contribution >= 0.6 is 0 Å². The Labute approximate surface area is 190 Å². The Morgan fingerprint density at radius 2 is 1.94 bits per heavy atom. The van der Waals surface area contributed by atoms with E-state index in [1.165, 1.54) is 49.2 Å². The third-order valence-electron chi connectivity index (χ3n) is 6.37. The van der Waals surface area contributed by atoms with Crippen LogP contribution in [0.5, 0.6) is 0 Å². The van der Waals surface area contributed by atoms with Crippen LogP contribution in [0.3, 0.4) is 0 Å². The van der Waals surface area contributed by atoms with Crippen LogP contribution in [0.25, 0.3) is 11.6 Å². The zero-order valence-electron chi connectivity index (χ0n) is 19.0. The fourth-order valence-corrected chi connectivity index (χ4v) is 5.43. The van der Waals surface area contributed by atoms with E-state index in [0.29, 0.717) is 16.8 Å². The first-order valence-electron chi connectivity index (χ1n) is 11.3. The predicted octanol–water partition coefficient (Wildman–Crippen LogP) is 3.18. The van der Waals surface area contributed by atoms with Crippen LogP contribution in [0, 0.1) is 0 Å². The summed E-state index contributed by atoms with van der Waals surface area (Å²) in [7, 11) is 1.95. The third kappa shape index (κ3) is 4.53. The number of nitrogens with one attached hydrogen (secondary N) is 3. The van der Waals surface area contributed by atoms with E-state index in [1.807, 2.05) is 6.08 Å². The van der Waals surface area contributed by atoms with Crippen LogP contribution in [0.1, 0.15) is 53.8 Å². The van der Waals surface area contributed by atoms with Crippen molar-refractivity contribution in [3.63, 3.8) is 0 Å². The molecule has 4 rings (SSSR count). The molecule has 0 radical (unpaired) electrons. The molecule has 1 aliphatic carbocycles. The quantitative estimate of drug-likeness (QED) is 0.441. The Morgan fingerprint density at radius 3 is 2.69 bits per heavy atom. The number of anilines is 1. The average molecular weight is 457 g/mol. The number of amides is 1. The summed E-state index contributed by atoms with van der Waals surface area (Å²) < 4.78 is 26.9. The molecule has 0 bridgehead atoms. The van der Waals surface area contributed by atoms with E-state index in [1.54, 1.807) is 12.1 Å². The van der Waals surface area contributed by atoms with Crippen molar-refractivity contribution in [2.75, 3.05) is 33.0 Å². The molecule has 1 aromatic carbocycles. The van der Waals surface area contributed by atoms with Gasteiger partial charge < -0.3 is 15.2 Å². The molecule has 2 heterocycles. The van der Waals surface area contributed by atoms with Crippen LogP contribution < -0.4 is 10.0 Å². The van der Waals surface area contributed by atoms with Gasteiger partial charge in [-0.3, -0.25) is 4.79 Å². The van der Waals surface area contributed by atoms with E-state index in [-0.39, 0.29) is 10.8 Å². The Bertz CT molecular complexity index is 1160. The lowest BCUT2D eigenvalue weighted by atomic mass is 9.98. The first kappa shape index (κ1) is 22.8. The fourth-order valence-electron chi connectivity index (χ4n) is 4.67. The van der Waals surface area contributed by atoms with E-state index in [0.717, 1.165) is 37.9 Å². The van der Waals surface area contributed by atoms with Gasteiger partial charge >= 0.3 is 0 Å². The molecular weight excluding hydrogens is 424 g/mol. The molecule has 2 aromatic rings. The number of benzene rings is 1. The molecule has 0 saturated heterocycles. The van der Waals surface area contributed by atoms with Gasteiger partial charge in [-0.25, -0.2) is 13.1 Å². The number of sulfonamides is 1. The van der Waals surface area contributed by atoms with Crippen molar-refractivity contribution >= 4 is 33.3 Å². The summed E-state index contributed by atoms with van der Waals surface area (Å²) in [5.74, 6) is -0.206. The number of rotatable bonds is 7. The van der Waals surface area contributed by atoms with E-state index in [2.05, 4.69) is 34.0 Å². The number of aryl methyl sites for hydroxylation is 1. The molecule has 0 unspecified atom stereocenters. The highest BCUT2D eigenvalue weighted by Gasteiger charge is 2.27. The predicted molar refractivity (Wildman–Crippen MR) is 128 cm³/mol. The molecule has 7 nitrogen and oxygen atoms in total. The minimum absolute atomic E-state index is 0.148. The molecule has 0 spiro atoms. The van der Waals surface area contributed by atoms with E-state index in [4.69, 9.17) is 0 Å². The summed E-state index contributed by atoms with van der Waals surface area (Å²) in [5.41, 5.74) is 6.75. The van der Waals surface area contributed by atoms with Gasteiger partial charge in [-0.2, -0.15) is 0 Å². The van der Waals surface area contributed by atoms with Gasteiger partial charge in [0.05, 0.1) is 10.5 Å². The van der Waals surface area contributed by atoms with Gasteiger partial charge in [0.15, 0.2) is 0 Å². The summed E-state index contributed by atoms with van der Waals surface area (Å²) in [5, 5.41) is 2.87. The highest BCUT2D eigenvalue weighted by atomic mass is 32.2. The van der Waals surface area contributed by atoms with Crippen molar-refractivity contribution in [1.29, 1.82) is 0 Å². The zero-order valence-corrected chi connectivity index (χ0v) is 19.9. The first-order chi connectivity index (χ1) is 15.3. The number of hydrogen-bond donors (Lipinski definition) is 3. The zero-order chi connectivity index (χ0) is 22.9. The summed E-state index contributed by atoms with van der Waals surface area (Å²) in [6.07, 6.45) is 9.62. The van der Waals surface area contributed by atoms with Crippen LogP contribution in [0.15, 0.2) is 23.1 Å². The minimum Gasteiger partial charge on any atom is -0.358 e. The maximum atomic E-state index is 12.8. The van der Waals surface area contributed by atoms with Crippen molar-refractivity contribution in [3.05, 3.63) is 46.3 Å². The maximum Gasteiger partial charge on any atom is 0.256 e. The third-order valence-corrected chi connectivity index (χ3v) is 7.78. The normalized spacial score (nSPS) is 17.4. The fraction of sp³-hybridized carbons (Fsp3) is 0.458. The van der Waals surface area contributed by atoms with Gasteiger partial charge in [-0.05, 0) is 102 Å². The molecule has 0 fully saturated rings. The molecule has 32 heavy (non-hydrogen) atoms. The Kier molecular flexibility index (Phi) is 6.55. The maximum absolute atomic E-state index is 12.8. The summed E-state index contributed by atoms with van der Waals surface area (Å²) in [6, 6.07) is 4.74. The SMILES string of the molecule is CNS(=O)(=O)c1ccc2c(c1)C(=Cc1[nH]c3c(c1CCCN(C)C)CCCCC3)C(=O)N2. The van der Waals surface area contributed by atoms with Crippen molar-refractivity contribution in [2.45, 2.75) is 49.8 Å². The van der Waals surface area contributed by atoms with Gasteiger partial charge in [-0.15, -0.1) is 0 Å². The molecule has 2 aliphatic rings. The van der Waals surface area contributed by atoms with Crippen molar-refractivity contribution in [2.24, 2.45) is 0 Å². The van der Waals surface area contributed by atoms with Crippen LogP contribution in [-0.4, -0.2) is 51.9 Å². The number of nitrogens with zero attached hydrogens (tertiary/aromatic N) is 1. The average Bonchev–Trinajstić information content (AvgIpc) is 3.13. The van der Waals surface area contributed by atoms with Crippen LogP contribution in [0.2, 0.25) is 0 Å². The molecule has 0 saturated carbocycles. The molecule has 1 aromatic heterocycles. The molecule has 1 amide bonds. The van der Waals surface area contributed by atoms with Gasteiger partial charge in [0.2, 0.25) is 10.0 Å². The highest BCUT2D eigenvalue weighted by molar-refractivity contribution is 7.89. The molecule has 1 aliphatic heterocycles. The standard InChI is InChI=1S/C24H32N4O3S/c1-25-32(30,31)16-11-12-22-19(14-16)20(24(29)27-22)15-23-18(9-7-13-28(2)3)17-8-5-4-6-10-21(17)26-23/h11-12,14-15,25-26H,4-10,13H2,1-3H3,(H,27,29). The molecule has 8 heteroatoms. The smallest absolute Gasteiger partial charge is 0.256 e. The second kappa shape index (κ2) is 9.21. The van der Waals surface area contributed by atoms with E-state index in [9.17, 15) is 13.2 Å². The monoisotopic (exact) mass is 456 g/mol. The number of aromatic nitrogens is 1.